The Morgan fingerprint density at radius 3 is 1.08 bits per heavy atom. The van der Waals surface area contributed by atoms with Crippen LogP contribution >= 0.6 is 0 Å². The monoisotopic (exact) mass is 1860 g/mol. The summed E-state index contributed by atoms with van der Waals surface area (Å²) in [6.07, 6.45) is 7.06. The Morgan fingerprint density at radius 1 is 0.360 bits per heavy atom. The molecule has 0 spiro atoms. The summed E-state index contributed by atoms with van der Waals surface area (Å²) in [4.78, 5) is 113. The Kier molecular flexibility index (Phi) is 22.9. The minimum atomic E-state index is -0.756. The molecule has 0 unspecified atom stereocenters. The molecule has 16 aromatic heterocycles. The van der Waals surface area contributed by atoms with E-state index in [9.17, 15) is 33.8 Å². The van der Waals surface area contributed by atoms with Gasteiger partial charge in [-0.15, -0.1) is 0 Å². The number of halogens is 1. The van der Waals surface area contributed by atoms with Gasteiger partial charge in [-0.3, -0.25) is 56.2 Å². The topological polar surface area (TPSA) is 550 Å². The smallest absolute Gasteiger partial charge is 0.284 e. The number of aromatic hydroxyl groups is 2. The van der Waals surface area contributed by atoms with Crippen molar-refractivity contribution < 1.29 is 19.7 Å². The van der Waals surface area contributed by atoms with Gasteiger partial charge in [-0.05, 0) is 138 Å². The fraction of sp³-hybridized carbons (Fsp3) is 0.179. The van der Waals surface area contributed by atoms with Crippen molar-refractivity contribution >= 4 is 112 Å². The van der Waals surface area contributed by atoms with E-state index >= 15 is 0 Å². The van der Waals surface area contributed by atoms with Gasteiger partial charge in [0.05, 0.1) is 74.6 Å². The third-order valence-electron chi connectivity index (χ3n) is 23.7. The second-order valence-corrected chi connectivity index (χ2v) is 32.8. The number of hydrogen-bond acceptors (Lipinski definition) is 31. The normalized spacial score (nSPS) is 11.5. The third-order valence-corrected chi connectivity index (χ3v) is 23.7. The predicted octanol–water partition coefficient (Wildman–Crippen LogP) is 8.25. The van der Waals surface area contributed by atoms with Gasteiger partial charge in [0, 0.05) is 39.3 Å². The minimum Gasteiger partial charge on any atom is -0.508 e. The molecule has 0 aliphatic rings. The number of phenols is 2. The molecule has 0 fully saturated rings. The number of benzene rings is 6. The van der Waals surface area contributed by atoms with Crippen molar-refractivity contribution in [3.63, 3.8) is 0 Å². The molecule has 0 atom stereocenters. The van der Waals surface area contributed by atoms with Gasteiger partial charge in [0.15, 0.2) is 62.0 Å². The SMILES string of the molecule is Cc1ccccc1-n1c(Cn2cnc3c(N)ncnc32)nc2c(C)nn(C)c2c1=O.Cc1ccccc1-n1c(Cn2nc(-c3ccc(F)c(O)c3)c3c(N)ncnc32)nc2c(C)nn(C)c2c1=O.Cc1ccccc1-n1c(Cn2nc(-c3cccc(O)c3)c3c(N)ncnc32)nc2c(C)nn(C)c2c1=O.Cc1ccccc1-n1c(Cn2nc(C#CCO)c3c(N)ncnc32)nc2c(C)nn(C)c2c1=O. The highest BCUT2D eigenvalue weighted by Gasteiger charge is 2.30. The molecule has 0 saturated heterocycles. The number of aliphatic hydroxyl groups excluding tert-OH is 1. The molecular formula is C95H85FN36O7. The molecule has 43 nitrogen and oxygen atoms in total. The fourth-order valence-corrected chi connectivity index (χ4v) is 17.3. The van der Waals surface area contributed by atoms with E-state index in [-0.39, 0.29) is 78.2 Å². The number of phenolic OH excluding ortho intramolecular Hbond substituents is 2. The summed E-state index contributed by atoms with van der Waals surface area (Å²) in [6, 6.07) is 41.1. The van der Waals surface area contributed by atoms with Crippen molar-refractivity contribution in [3.05, 3.63) is 292 Å². The van der Waals surface area contributed by atoms with Gasteiger partial charge >= 0.3 is 0 Å². The first-order valence-electron chi connectivity index (χ1n) is 43.2. The average Bonchev–Trinajstić information content (AvgIpc) is 1.63. The molecule has 16 heterocycles. The van der Waals surface area contributed by atoms with Crippen molar-refractivity contribution in [1.82, 2.24) is 156 Å². The van der Waals surface area contributed by atoms with Gasteiger partial charge in [-0.25, -0.2) is 83.2 Å². The number of fused-ring (bicyclic) bond motifs is 8. The first kappa shape index (κ1) is 89.4. The molecule has 0 aliphatic heterocycles. The molecule has 0 radical (unpaired) electrons. The van der Waals surface area contributed by atoms with Crippen LogP contribution in [0.1, 0.15) is 74.0 Å². The maximum absolute atomic E-state index is 13.9. The van der Waals surface area contributed by atoms with Gasteiger partial charge in [0.1, 0.15) is 143 Å². The maximum atomic E-state index is 13.9. The van der Waals surface area contributed by atoms with E-state index in [1.165, 1.54) is 42.1 Å². The van der Waals surface area contributed by atoms with Crippen LogP contribution in [0.5, 0.6) is 11.5 Å². The molecule has 0 aliphatic carbocycles. The standard InChI is InChI=1S/C26H22FN9O2.C26H23N9O2.C23H21N9O2.C20H19N9O/c1-13-6-4-5-7-17(13)36-19(31-21-14(2)32-34(3)23(21)26(36)38)11-35-25-20(24(28)29-12-30-25)22(33-35)15-8-9-16(27)18(37)10-15;1-14-7-4-5-10-18(14)35-19(30-21-15(2)31-33(3)23(21)26(35)37)12-34-25-20(24(27)28-13-29-25)22(32-34)16-8-6-9-17(36)11-16;1-13-7-4-5-9-16(13)32-17(27-19-14(2)28-30(3)20(19)23(32)34)11-31-22-18(21(24)25-12-26-22)15(29-31)8-6-10-33;1-11-6-4-5-7-13(11)29-14(25-15-12(2)26-27(3)17(15)20(29)30)8-28-10-24-16-18(21)22-9-23-19(16)28/h4-10,12,37H,11H2,1-3H3,(H2,28,29,30);4-11,13,36H,12H2,1-3H3,(H2,27,28,29);4-5,7,9,12,33H,10-11H2,1-3H3,(H2,24,25,26);4-7,9-10H,8H2,1-3H3,(H2,21,22,23). The lowest BCUT2D eigenvalue weighted by Crippen LogP contribution is -2.27. The lowest BCUT2D eigenvalue weighted by Gasteiger charge is -2.15. The molecular weight excluding hydrogens is 1780 g/mol. The zero-order chi connectivity index (χ0) is 97.5. The number of nitrogen functional groups attached to an aromatic ring is 4. The summed E-state index contributed by atoms with van der Waals surface area (Å²) in [5.74, 6) is 7.04. The second kappa shape index (κ2) is 35.6. The van der Waals surface area contributed by atoms with E-state index in [2.05, 4.69) is 82.2 Å². The van der Waals surface area contributed by atoms with Crippen LogP contribution in [0.3, 0.4) is 0 Å². The molecule has 6 aromatic carbocycles. The first-order chi connectivity index (χ1) is 66.9. The molecule has 0 bridgehead atoms. The summed E-state index contributed by atoms with van der Waals surface area (Å²) >= 11 is 0. The van der Waals surface area contributed by atoms with Gasteiger partial charge in [-0.1, -0.05) is 90.8 Å². The summed E-state index contributed by atoms with van der Waals surface area (Å²) in [6.45, 7) is 15.3. The van der Waals surface area contributed by atoms with Gasteiger partial charge < -0.3 is 42.8 Å². The number of aliphatic hydroxyl groups is 1. The Labute approximate surface area is 783 Å². The third kappa shape index (κ3) is 15.9. The molecule has 694 valence electrons. The Bertz CT molecular complexity index is 9120. The highest BCUT2D eigenvalue weighted by Crippen LogP contribution is 2.37. The minimum absolute atomic E-state index is 0.0496. The van der Waals surface area contributed by atoms with Crippen LogP contribution in [0.25, 0.3) is 134 Å². The largest absolute Gasteiger partial charge is 0.508 e. The lowest BCUT2D eigenvalue weighted by atomic mass is 10.1. The van der Waals surface area contributed by atoms with E-state index in [1.54, 1.807) is 111 Å². The second-order valence-electron chi connectivity index (χ2n) is 32.8. The van der Waals surface area contributed by atoms with Crippen LogP contribution in [0.2, 0.25) is 0 Å². The molecule has 139 heavy (non-hydrogen) atoms. The van der Waals surface area contributed by atoms with Crippen LogP contribution < -0.4 is 45.2 Å². The number of nitrogens with zero attached hydrogens (tertiary/aromatic N) is 32. The van der Waals surface area contributed by atoms with E-state index in [0.717, 1.165) is 39.7 Å². The van der Waals surface area contributed by atoms with Crippen molar-refractivity contribution in [1.29, 1.82) is 0 Å². The van der Waals surface area contributed by atoms with Crippen molar-refractivity contribution in [2.24, 2.45) is 28.2 Å². The number of aryl methyl sites for hydroxylation is 12. The number of aromatic nitrogens is 32. The molecule has 11 N–H and O–H groups in total. The highest BCUT2D eigenvalue weighted by atomic mass is 19.1. The lowest BCUT2D eigenvalue weighted by molar-refractivity contribution is 0.350. The zero-order valence-electron chi connectivity index (χ0n) is 76.7. The van der Waals surface area contributed by atoms with E-state index < -0.39 is 11.6 Å². The Hall–Kier alpha value is -18.8. The molecule has 22 aromatic rings. The zero-order valence-corrected chi connectivity index (χ0v) is 76.7. The van der Waals surface area contributed by atoms with Crippen molar-refractivity contribution in [3.8, 4) is 68.6 Å². The maximum Gasteiger partial charge on any atom is 0.284 e. The first-order valence-corrected chi connectivity index (χ1v) is 43.2. The van der Waals surface area contributed by atoms with Crippen LogP contribution in [-0.2, 0) is 54.4 Å². The van der Waals surface area contributed by atoms with E-state index in [0.29, 0.717) is 180 Å². The Morgan fingerprint density at radius 2 is 0.705 bits per heavy atom. The summed E-state index contributed by atoms with van der Waals surface area (Å²) in [5, 5.41) is 62.3. The van der Waals surface area contributed by atoms with Crippen LogP contribution in [0.15, 0.2) is 190 Å². The van der Waals surface area contributed by atoms with E-state index in [4.69, 9.17) is 58.2 Å². The van der Waals surface area contributed by atoms with Gasteiger partial charge in [0.2, 0.25) is 0 Å². The van der Waals surface area contributed by atoms with Crippen LogP contribution in [0.4, 0.5) is 27.7 Å². The Balaban J connectivity index is 0.000000119. The summed E-state index contributed by atoms with van der Waals surface area (Å²) in [5.41, 5.74) is 41.3. The van der Waals surface area contributed by atoms with E-state index in [1.807, 2.05) is 152 Å². The highest BCUT2D eigenvalue weighted by molar-refractivity contribution is 6.00. The predicted molar refractivity (Wildman–Crippen MR) is 518 cm³/mol. The molecule has 22 rings (SSSR count). The van der Waals surface area contributed by atoms with Crippen LogP contribution in [-0.4, -0.2) is 178 Å². The summed E-state index contributed by atoms with van der Waals surface area (Å²) in [7, 11) is 6.93. The molecule has 44 heteroatoms. The number of hydrogen-bond donors (Lipinski definition) is 7. The van der Waals surface area contributed by atoms with Gasteiger partial charge in [-0.2, -0.15) is 35.7 Å². The molecule has 0 amide bonds. The number of nitrogens with two attached hydrogens (primary N) is 4. The number of para-hydroxylation sites is 4. The fourth-order valence-electron chi connectivity index (χ4n) is 17.3. The average molecular weight is 1860 g/mol. The molecule has 0 saturated carbocycles. The van der Waals surface area contributed by atoms with Crippen LogP contribution in [0, 0.1) is 73.0 Å². The number of anilines is 4. The number of rotatable bonds is 14. The number of imidazole rings is 1. The van der Waals surface area contributed by atoms with Crippen molar-refractivity contribution in [2.75, 3.05) is 29.5 Å². The van der Waals surface area contributed by atoms with Gasteiger partial charge in [0.25, 0.3) is 22.2 Å². The quantitative estimate of drug-likeness (QED) is 0.0503. The van der Waals surface area contributed by atoms with Crippen molar-refractivity contribution in [2.45, 2.75) is 81.6 Å². The summed E-state index contributed by atoms with van der Waals surface area (Å²) < 4.78 is 33.0.